The lowest BCUT2D eigenvalue weighted by Crippen LogP contribution is -2.19. The van der Waals surface area contributed by atoms with E-state index in [1.54, 1.807) is 0 Å². The van der Waals surface area contributed by atoms with Crippen LogP contribution in [0.15, 0.2) is 47.2 Å². The number of benzene rings is 1. The molecule has 0 aliphatic rings. The molecule has 0 aliphatic carbocycles. The summed E-state index contributed by atoms with van der Waals surface area (Å²) < 4.78 is 3.24. The van der Waals surface area contributed by atoms with Crippen molar-refractivity contribution in [2.45, 2.75) is 6.54 Å². The fourth-order valence-electron chi connectivity index (χ4n) is 2.37. The maximum atomic E-state index is 4.77. The first-order valence-electron chi connectivity index (χ1n) is 6.86. The predicted molar refractivity (Wildman–Crippen MR) is 89.2 cm³/mol. The molecule has 0 saturated heterocycles. The molecule has 0 N–H and O–H groups in total. The Kier molecular flexibility index (Phi) is 4.03. The molecule has 0 amide bonds. The van der Waals surface area contributed by atoms with Crippen molar-refractivity contribution in [3.8, 4) is 11.4 Å². The van der Waals surface area contributed by atoms with Crippen molar-refractivity contribution in [1.82, 2.24) is 19.4 Å². The van der Waals surface area contributed by atoms with Crippen LogP contribution in [-0.4, -0.2) is 40.1 Å². The van der Waals surface area contributed by atoms with Crippen LogP contribution in [0.2, 0.25) is 0 Å². The zero-order chi connectivity index (χ0) is 14.8. The van der Waals surface area contributed by atoms with E-state index in [4.69, 9.17) is 4.98 Å². The molecule has 0 atom stereocenters. The predicted octanol–water partition coefficient (Wildman–Crippen LogP) is 3.42. The quantitative estimate of drug-likeness (QED) is 0.727. The SMILES string of the molecule is CN(C)CCn1c(-c2ccccc2)nc2cncc(Br)c21. The highest BCUT2D eigenvalue weighted by atomic mass is 79.9. The van der Waals surface area contributed by atoms with Gasteiger partial charge in [-0.1, -0.05) is 30.3 Å². The summed E-state index contributed by atoms with van der Waals surface area (Å²) >= 11 is 3.60. The normalized spacial score (nSPS) is 11.4. The zero-order valence-electron chi connectivity index (χ0n) is 12.1. The maximum absolute atomic E-state index is 4.77. The summed E-state index contributed by atoms with van der Waals surface area (Å²) in [5.74, 6) is 0.987. The van der Waals surface area contributed by atoms with Gasteiger partial charge in [-0.15, -0.1) is 0 Å². The molecular weight excluding hydrogens is 328 g/mol. The van der Waals surface area contributed by atoms with Gasteiger partial charge in [0.15, 0.2) is 0 Å². The van der Waals surface area contributed by atoms with Gasteiger partial charge in [-0.2, -0.15) is 0 Å². The number of nitrogens with zero attached hydrogens (tertiary/aromatic N) is 4. The smallest absolute Gasteiger partial charge is 0.141 e. The van der Waals surface area contributed by atoms with E-state index in [-0.39, 0.29) is 0 Å². The zero-order valence-corrected chi connectivity index (χ0v) is 13.7. The van der Waals surface area contributed by atoms with Crippen LogP contribution in [-0.2, 0) is 6.54 Å². The molecule has 2 heterocycles. The largest absolute Gasteiger partial charge is 0.322 e. The third-order valence-electron chi connectivity index (χ3n) is 3.41. The summed E-state index contributed by atoms with van der Waals surface area (Å²) in [4.78, 5) is 11.2. The fraction of sp³-hybridized carbons (Fsp3) is 0.250. The summed E-state index contributed by atoms with van der Waals surface area (Å²) in [7, 11) is 4.16. The lowest BCUT2D eigenvalue weighted by atomic mass is 10.2. The average molecular weight is 345 g/mol. The third-order valence-corrected chi connectivity index (χ3v) is 3.99. The average Bonchev–Trinajstić information content (AvgIpc) is 2.86. The summed E-state index contributed by atoms with van der Waals surface area (Å²) in [6.45, 7) is 1.84. The number of pyridine rings is 1. The van der Waals surface area contributed by atoms with Gasteiger partial charge in [0.05, 0.1) is 16.2 Å². The molecule has 3 aromatic rings. The molecule has 2 aromatic heterocycles. The Morgan fingerprint density at radius 1 is 1.14 bits per heavy atom. The van der Waals surface area contributed by atoms with E-state index in [1.165, 1.54) is 0 Å². The van der Waals surface area contributed by atoms with Gasteiger partial charge >= 0.3 is 0 Å². The van der Waals surface area contributed by atoms with Crippen LogP contribution in [0.25, 0.3) is 22.4 Å². The molecule has 0 spiro atoms. The molecule has 0 radical (unpaired) electrons. The second-order valence-corrected chi connectivity index (χ2v) is 6.10. The van der Waals surface area contributed by atoms with Crippen LogP contribution in [0, 0.1) is 0 Å². The molecular formula is C16H17BrN4. The van der Waals surface area contributed by atoms with E-state index in [0.29, 0.717) is 0 Å². The van der Waals surface area contributed by atoms with Gasteiger partial charge in [-0.25, -0.2) is 4.98 Å². The second-order valence-electron chi connectivity index (χ2n) is 5.25. The first-order chi connectivity index (χ1) is 10.2. The van der Waals surface area contributed by atoms with Crippen molar-refractivity contribution in [2.24, 2.45) is 0 Å². The summed E-state index contributed by atoms with van der Waals surface area (Å²) in [6, 6.07) is 10.3. The molecule has 1 aromatic carbocycles. The summed E-state index contributed by atoms with van der Waals surface area (Å²) in [5.41, 5.74) is 3.15. The van der Waals surface area contributed by atoms with Crippen LogP contribution in [0.1, 0.15) is 0 Å². The molecule has 21 heavy (non-hydrogen) atoms. The lowest BCUT2D eigenvalue weighted by molar-refractivity contribution is 0.387. The van der Waals surface area contributed by atoms with E-state index in [0.717, 1.165) is 40.0 Å². The molecule has 0 unspecified atom stereocenters. The van der Waals surface area contributed by atoms with Crippen molar-refractivity contribution in [3.05, 3.63) is 47.2 Å². The Balaban J connectivity index is 2.18. The highest BCUT2D eigenvalue weighted by Gasteiger charge is 2.15. The van der Waals surface area contributed by atoms with Crippen molar-refractivity contribution in [3.63, 3.8) is 0 Å². The van der Waals surface area contributed by atoms with Gasteiger partial charge in [0.1, 0.15) is 11.3 Å². The molecule has 0 fully saturated rings. The number of imidazole rings is 1. The van der Waals surface area contributed by atoms with Crippen molar-refractivity contribution >= 4 is 27.0 Å². The minimum Gasteiger partial charge on any atom is -0.322 e. The van der Waals surface area contributed by atoms with Gasteiger partial charge in [0.2, 0.25) is 0 Å². The number of fused-ring (bicyclic) bond motifs is 1. The Morgan fingerprint density at radius 2 is 1.90 bits per heavy atom. The van der Waals surface area contributed by atoms with E-state index in [2.05, 4.69) is 56.6 Å². The number of aromatic nitrogens is 3. The molecule has 0 saturated carbocycles. The topological polar surface area (TPSA) is 34.0 Å². The van der Waals surface area contributed by atoms with E-state index in [9.17, 15) is 0 Å². The minimum atomic E-state index is 0.885. The van der Waals surface area contributed by atoms with Crippen LogP contribution in [0.5, 0.6) is 0 Å². The van der Waals surface area contributed by atoms with Crippen LogP contribution in [0.3, 0.4) is 0 Å². The molecule has 5 heteroatoms. The minimum absolute atomic E-state index is 0.885. The number of hydrogen-bond acceptors (Lipinski definition) is 3. The van der Waals surface area contributed by atoms with Crippen molar-refractivity contribution < 1.29 is 0 Å². The third kappa shape index (κ3) is 2.84. The van der Waals surface area contributed by atoms with Crippen molar-refractivity contribution in [1.29, 1.82) is 0 Å². The fourth-order valence-corrected chi connectivity index (χ4v) is 2.91. The molecule has 108 valence electrons. The Bertz CT molecular complexity index is 750. The monoisotopic (exact) mass is 344 g/mol. The molecule has 0 aliphatic heterocycles. The van der Waals surface area contributed by atoms with Gasteiger partial charge in [-0.3, -0.25) is 4.98 Å². The number of halogens is 1. The Hall–Kier alpha value is -1.72. The number of rotatable bonds is 4. The van der Waals surface area contributed by atoms with E-state index < -0.39 is 0 Å². The van der Waals surface area contributed by atoms with Gasteiger partial charge in [0.25, 0.3) is 0 Å². The van der Waals surface area contributed by atoms with E-state index in [1.807, 2.05) is 30.6 Å². The number of likely N-dealkylation sites (N-methyl/N-ethyl adjacent to an activating group) is 1. The molecule has 3 rings (SSSR count). The standard InChI is InChI=1S/C16H17BrN4/c1-20(2)8-9-21-15-13(17)10-18-11-14(15)19-16(21)12-6-4-3-5-7-12/h3-7,10-11H,8-9H2,1-2H3. The second kappa shape index (κ2) is 5.95. The van der Waals surface area contributed by atoms with Crippen LogP contribution >= 0.6 is 15.9 Å². The first kappa shape index (κ1) is 14.2. The lowest BCUT2D eigenvalue weighted by Gasteiger charge is -2.14. The highest BCUT2D eigenvalue weighted by molar-refractivity contribution is 9.10. The van der Waals surface area contributed by atoms with Gasteiger partial charge in [-0.05, 0) is 30.0 Å². The maximum Gasteiger partial charge on any atom is 0.141 e. The van der Waals surface area contributed by atoms with Crippen molar-refractivity contribution in [2.75, 3.05) is 20.6 Å². The Labute approximate surface area is 132 Å². The highest BCUT2D eigenvalue weighted by Crippen LogP contribution is 2.28. The van der Waals surface area contributed by atoms with Gasteiger partial charge < -0.3 is 9.47 Å². The first-order valence-corrected chi connectivity index (χ1v) is 7.66. The van der Waals surface area contributed by atoms with Gasteiger partial charge in [0, 0.05) is 24.8 Å². The molecule has 0 bridgehead atoms. The van der Waals surface area contributed by atoms with Crippen LogP contribution < -0.4 is 0 Å². The molecule has 4 nitrogen and oxygen atoms in total. The van der Waals surface area contributed by atoms with E-state index >= 15 is 0 Å². The van der Waals surface area contributed by atoms with Crippen LogP contribution in [0.4, 0.5) is 0 Å². The number of hydrogen-bond donors (Lipinski definition) is 0. The Morgan fingerprint density at radius 3 is 2.62 bits per heavy atom. The summed E-state index contributed by atoms with van der Waals surface area (Å²) in [5, 5.41) is 0. The summed E-state index contributed by atoms with van der Waals surface area (Å²) in [6.07, 6.45) is 3.64.